The summed E-state index contributed by atoms with van der Waals surface area (Å²) in [7, 11) is 0. The average Bonchev–Trinajstić information content (AvgIpc) is 3.70. The van der Waals surface area contributed by atoms with Crippen molar-refractivity contribution in [3.8, 4) is 0 Å². The van der Waals surface area contributed by atoms with Gasteiger partial charge in [-0.1, -0.05) is 63.2 Å². The number of Topliss-reactive ketones (excluding diaryl/α,β-unsaturated/α-hetero) is 1. The lowest BCUT2D eigenvalue weighted by molar-refractivity contribution is -0.141. The highest BCUT2D eigenvalue weighted by molar-refractivity contribution is 6.00. The topological polar surface area (TPSA) is 144 Å². The lowest BCUT2D eigenvalue weighted by Gasteiger charge is -2.56. The van der Waals surface area contributed by atoms with Gasteiger partial charge in [-0.05, 0) is 91.9 Å². The zero-order valence-corrected chi connectivity index (χ0v) is 28.1. The lowest BCUT2D eigenvalue weighted by Crippen LogP contribution is -2.57. The fourth-order valence-corrected chi connectivity index (χ4v) is 9.06. The molecule has 11 nitrogen and oxygen atoms in total. The molecule has 254 valence electrons. The van der Waals surface area contributed by atoms with Gasteiger partial charge in [0.1, 0.15) is 18.7 Å². The van der Waals surface area contributed by atoms with Gasteiger partial charge >= 0.3 is 6.09 Å². The van der Waals surface area contributed by atoms with Crippen LogP contribution in [0.2, 0.25) is 0 Å². The fraction of sp³-hybridized carbons (Fsp3) is 0.667. The van der Waals surface area contributed by atoms with Crippen molar-refractivity contribution in [3.63, 3.8) is 0 Å². The van der Waals surface area contributed by atoms with Crippen LogP contribution in [0.25, 0.3) is 0 Å². The van der Waals surface area contributed by atoms with Crippen LogP contribution in [0.1, 0.15) is 101 Å². The maximum Gasteiger partial charge on any atom is 0.408 e. The summed E-state index contributed by atoms with van der Waals surface area (Å²) in [4.78, 5) is 59.8. The van der Waals surface area contributed by atoms with E-state index < -0.39 is 35.9 Å². The number of amides is 3. The van der Waals surface area contributed by atoms with E-state index in [1.165, 1.54) is 43.4 Å². The van der Waals surface area contributed by atoms with Crippen LogP contribution in [0.3, 0.4) is 0 Å². The molecule has 2 heterocycles. The second-order valence-corrected chi connectivity index (χ2v) is 15.3. The molecule has 3 amide bonds. The van der Waals surface area contributed by atoms with Crippen LogP contribution in [0.4, 0.5) is 4.79 Å². The van der Waals surface area contributed by atoms with E-state index in [1.54, 1.807) is 0 Å². The van der Waals surface area contributed by atoms with E-state index in [4.69, 9.17) is 9.26 Å². The Morgan fingerprint density at radius 2 is 1.57 bits per heavy atom. The molecule has 5 aliphatic rings. The minimum absolute atomic E-state index is 0.0128. The average molecular weight is 648 g/mol. The minimum Gasteiger partial charge on any atom is -0.445 e. The van der Waals surface area contributed by atoms with Crippen molar-refractivity contribution in [1.82, 2.24) is 25.7 Å². The number of nitrogens with one attached hydrogen (secondary N) is 2. The van der Waals surface area contributed by atoms with Gasteiger partial charge in [0.2, 0.25) is 29.3 Å². The number of aromatic nitrogens is 2. The van der Waals surface area contributed by atoms with E-state index in [2.05, 4.69) is 20.8 Å². The van der Waals surface area contributed by atoms with Crippen LogP contribution in [-0.2, 0) is 27.4 Å². The Hall–Kier alpha value is -3.76. The summed E-state index contributed by atoms with van der Waals surface area (Å²) in [5, 5.41) is 9.68. The number of ketones is 1. The Morgan fingerprint density at radius 1 is 0.936 bits per heavy atom. The molecule has 4 aliphatic carbocycles. The van der Waals surface area contributed by atoms with E-state index in [9.17, 15) is 19.2 Å². The van der Waals surface area contributed by atoms with Crippen LogP contribution in [0.5, 0.6) is 0 Å². The molecule has 4 saturated carbocycles. The van der Waals surface area contributed by atoms with Crippen LogP contribution in [-0.4, -0.2) is 63.4 Å². The molecule has 2 aromatic rings. The van der Waals surface area contributed by atoms with Gasteiger partial charge in [0.15, 0.2) is 0 Å². The summed E-state index contributed by atoms with van der Waals surface area (Å²) in [5.41, 5.74) is 1.04. The molecular formula is C36H49N5O6. The molecule has 1 aromatic carbocycles. The predicted molar refractivity (Wildman–Crippen MR) is 173 cm³/mol. The van der Waals surface area contributed by atoms with Gasteiger partial charge in [-0.3, -0.25) is 14.4 Å². The molecule has 1 saturated heterocycles. The van der Waals surface area contributed by atoms with Crippen molar-refractivity contribution in [3.05, 3.63) is 47.6 Å². The number of ether oxygens (including phenoxy) is 1. The number of nitrogens with zero attached hydrogens (tertiary/aromatic N) is 3. The Kier molecular flexibility index (Phi) is 9.71. The maximum absolute atomic E-state index is 13.7. The molecule has 5 fully saturated rings. The van der Waals surface area contributed by atoms with Crippen molar-refractivity contribution < 1.29 is 28.4 Å². The molecule has 0 radical (unpaired) electrons. The molecule has 7 rings (SSSR count). The summed E-state index contributed by atoms with van der Waals surface area (Å²) in [6.07, 6.45) is 8.75. The first-order chi connectivity index (χ1) is 22.5. The molecule has 3 atom stereocenters. The first kappa shape index (κ1) is 33.2. The molecule has 4 bridgehead atoms. The number of hydrogen-bond donors (Lipinski definition) is 2. The largest absolute Gasteiger partial charge is 0.445 e. The van der Waals surface area contributed by atoms with E-state index >= 15 is 0 Å². The number of carbonyl (C=O) groups excluding carboxylic acids is 4. The third-order valence-electron chi connectivity index (χ3n) is 10.9. The van der Waals surface area contributed by atoms with Gasteiger partial charge in [0.25, 0.3) is 0 Å². The zero-order chi connectivity index (χ0) is 33.3. The van der Waals surface area contributed by atoms with E-state index in [1.807, 2.05) is 58.0 Å². The number of likely N-dealkylation sites (tertiary alicyclic amines) is 1. The number of alkyl carbamates (subject to hydrolysis) is 1. The standard InChI is InChI=1S/C36H49N5O6/c1-21(2)29(31(42)32-37-28(47-40-32)19-36-16-24-13-25(17-36)15-26(14-24)18-36)38-33(43)27-11-8-12-41(27)34(44)30(22(3)4)39-35(45)46-20-23-9-6-5-7-10-23/h5-7,9-10,21-22,24-27,29-30H,8,11-20H2,1-4H3,(H,38,43)(H,39,45)/t24?,25?,26?,27-,29-,30-,36?/m0/s1. The molecule has 1 aliphatic heterocycles. The Bertz CT molecular complexity index is 1420. The monoisotopic (exact) mass is 647 g/mol. The Labute approximate surface area is 276 Å². The summed E-state index contributed by atoms with van der Waals surface area (Å²) in [5.74, 6) is 1.25. The number of rotatable bonds is 12. The van der Waals surface area contributed by atoms with E-state index in [0.29, 0.717) is 31.7 Å². The summed E-state index contributed by atoms with van der Waals surface area (Å²) in [6, 6.07) is 6.77. The summed E-state index contributed by atoms with van der Waals surface area (Å²) >= 11 is 0. The van der Waals surface area contributed by atoms with Crippen molar-refractivity contribution in [2.24, 2.45) is 35.0 Å². The normalized spacial score (nSPS) is 27.6. The third kappa shape index (κ3) is 7.38. The van der Waals surface area contributed by atoms with Crippen LogP contribution < -0.4 is 10.6 Å². The third-order valence-corrected chi connectivity index (χ3v) is 10.9. The van der Waals surface area contributed by atoms with Crippen molar-refractivity contribution in [2.45, 2.75) is 110 Å². The molecule has 11 heteroatoms. The number of carbonyl (C=O) groups is 4. The van der Waals surface area contributed by atoms with E-state index in [-0.39, 0.29) is 35.6 Å². The summed E-state index contributed by atoms with van der Waals surface area (Å²) < 4.78 is 11.0. The molecule has 2 N–H and O–H groups in total. The molecular weight excluding hydrogens is 598 g/mol. The highest BCUT2D eigenvalue weighted by atomic mass is 16.5. The zero-order valence-electron chi connectivity index (χ0n) is 28.1. The van der Waals surface area contributed by atoms with Gasteiger partial charge in [-0.15, -0.1) is 0 Å². The quantitative estimate of drug-likeness (QED) is 0.303. The Balaban J connectivity index is 1.07. The highest BCUT2D eigenvalue weighted by Crippen LogP contribution is 2.61. The van der Waals surface area contributed by atoms with E-state index in [0.717, 1.165) is 23.3 Å². The van der Waals surface area contributed by atoms with Crippen LogP contribution in [0, 0.1) is 35.0 Å². The maximum atomic E-state index is 13.7. The van der Waals surface area contributed by atoms with Gasteiger partial charge in [-0.25, -0.2) is 4.79 Å². The molecule has 47 heavy (non-hydrogen) atoms. The lowest BCUT2D eigenvalue weighted by atomic mass is 9.49. The summed E-state index contributed by atoms with van der Waals surface area (Å²) in [6.45, 7) is 7.84. The molecule has 1 aromatic heterocycles. The van der Waals surface area contributed by atoms with Crippen molar-refractivity contribution in [2.75, 3.05) is 6.54 Å². The van der Waals surface area contributed by atoms with Gasteiger partial charge in [0.05, 0.1) is 6.04 Å². The molecule has 0 unspecified atom stereocenters. The minimum atomic E-state index is -0.878. The van der Waals surface area contributed by atoms with Crippen LogP contribution >= 0.6 is 0 Å². The van der Waals surface area contributed by atoms with Crippen molar-refractivity contribution in [1.29, 1.82) is 0 Å². The highest BCUT2D eigenvalue weighted by Gasteiger charge is 2.51. The molecule has 0 spiro atoms. The second-order valence-electron chi connectivity index (χ2n) is 15.3. The van der Waals surface area contributed by atoms with Gasteiger partial charge in [-0.2, -0.15) is 4.98 Å². The second kappa shape index (κ2) is 13.8. The van der Waals surface area contributed by atoms with Crippen LogP contribution in [0.15, 0.2) is 34.9 Å². The van der Waals surface area contributed by atoms with Gasteiger partial charge in [0, 0.05) is 13.0 Å². The first-order valence-corrected chi connectivity index (χ1v) is 17.4. The number of hydrogen-bond acceptors (Lipinski definition) is 8. The number of benzene rings is 1. The predicted octanol–water partition coefficient (Wildman–Crippen LogP) is 5.09. The Morgan fingerprint density at radius 3 is 2.19 bits per heavy atom. The SMILES string of the molecule is CC(C)[C@H](NC(=O)[C@@H]1CCCN1C(=O)[C@@H](NC(=O)OCc1ccccc1)C(C)C)C(=O)c1noc(CC23CC4CC(CC(C4)C2)C3)n1. The van der Waals surface area contributed by atoms with Crippen molar-refractivity contribution >= 4 is 23.7 Å². The smallest absolute Gasteiger partial charge is 0.408 e. The first-order valence-electron chi connectivity index (χ1n) is 17.4. The fourth-order valence-electron chi connectivity index (χ4n) is 9.06. The van der Waals surface area contributed by atoms with Gasteiger partial charge < -0.3 is 24.8 Å².